The molecular formula is C14H14O3S. The molecule has 0 atom stereocenters. The van der Waals surface area contributed by atoms with Crippen molar-refractivity contribution in [3.63, 3.8) is 0 Å². The van der Waals surface area contributed by atoms with Gasteiger partial charge in [-0.15, -0.1) is 11.3 Å². The first-order valence-electron chi connectivity index (χ1n) is 5.66. The lowest BCUT2D eigenvalue weighted by Gasteiger charge is -2.10. The molecule has 0 saturated heterocycles. The third kappa shape index (κ3) is 2.90. The molecule has 0 amide bonds. The van der Waals surface area contributed by atoms with Crippen LogP contribution in [0, 0.1) is 6.92 Å². The van der Waals surface area contributed by atoms with Gasteiger partial charge in [0.05, 0.1) is 12.2 Å². The highest BCUT2D eigenvalue weighted by Crippen LogP contribution is 2.21. The summed E-state index contributed by atoms with van der Waals surface area (Å²) in [7, 11) is 0. The second-order valence-corrected chi connectivity index (χ2v) is 4.94. The first kappa shape index (κ1) is 12.6. The number of benzene rings is 1. The Morgan fingerprint density at radius 1 is 1.33 bits per heavy atom. The lowest BCUT2D eigenvalue weighted by atomic mass is 10.1. The summed E-state index contributed by atoms with van der Waals surface area (Å²) >= 11 is 1.70. The Balaban J connectivity index is 2.01. The second-order valence-electron chi connectivity index (χ2n) is 3.91. The van der Waals surface area contributed by atoms with Gasteiger partial charge in [-0.1, -0.05) is 12.1 Å². The van der Waals surface area contributed by atoms with Crippen molar-refractivity contribution in [3.8, 4) is 5.75 Å². The number of aromatic carboxylic acids is 1. The molecular weight excluding hydrogens is 248 g/mol. The van der Waals surface area contributed by atoms with E-state index < -0.39 is 5.97 Å². The SMILES string of the molecule is Cc1c(OCCc2cccs2)cccc1C(=O)O. The van der Waals surface area contributed by atoms with Crippen molar-refractivity contribution >= 4 is 17.3 Å². The number of rotatable bonds is 5. The molecule has 1 N–H and O–H groups in total. The van der Waals surface area contributed by atoms with Crippen molar-refractivity contribution < 1.29 is 14.6 Å². The fourth-order valence-corrected chi connectivity index (χ4v) is 2.41. The zero-order chi connectivity index (χ0) is 13.0. The maximum atomic E-state index is 11.0. The van der Waals surface area contributed by atoms with Crippen molar-refractivity contribution in [2.45, 2.75) is 13.3 Å². The average Bonchev–Trinajstić information content (AvgIpc) is 2.84. The van der Waals surface area contributed by atoms with Crippen LogP contribution in [0.1, 0.15) is 20.8 Å². The molecule has 0 radical (unpaired) electrons. The van der Waals surface area contributed by atoms with E-state index in [0.29, 0.717) is 23.5 Å². The van der Waals surface area contributed by atoms with Crippen molar-refractivity contribution in [2.24, 2.45) is 0 Å². The summed E-state index contributed by atoms with van der Waals surface area (Å²) < 4.78 is 5.64. The molecule has 0 aliphatic heterocycles. The fourth-order valence-electron chi connectivity index (χ4n) is 1.72. The molecule has 1 aromatic carbocycles. The first-order chi connectivity index (χ1) is 8.68. The number of thiophene rings is 1. The van der Waals surface area contributed by atoms with E-state index in [1.54, 1.807) is 36.5 Å². The Labute approximate surface area is 110 Å². The summed E-state index contributed by atoms with van der Waals surface area (Å²) in [6, 6.07) is 9.17. The van der Waals surface area contributed by atoms with Crippen LogP contribution in [0.2, 0.25) is 0 Å². The zero-order valence-corrected chi connectivity index (χ0v) is 10.9. The summed E-state index contributed by atoms with van der Waals surface area (Å²) in [5, 5.41) is 11.0. The Kier molecular flexibility index (Phi) is 3.99. The second kappa shape index (κ2) is 5.69. The zero-order valence-electron chi connectivity index (χ0n) is 10.1. The predicted octanol–water partition coefficient (Wildman–Crippen LogP) is 3.38. The molecule has 0 aliphatic rings. The van der Waals surface area contributed by atoms with Gasteiger partial charge in [-0.05, 0) is 30.5 Å². The summed E-state index contributed by atoms with van der Waals surface area (Å²) in [6.07, 6.45) is 0.842. The summed E-state index contributed by atoms with van der Waals surface area (Å²) in [6.45, 7) is 2.33. The lowest BCUT2D eigenvalue weighted by Crippen LogP contribution is -2.05. The largest absolute Gasteiger partial charge is 0.493 e. The Morgan fingerprint density at radius 3 is 2.83 bits per heavy atom. The number of carboxylic acid groups (broad SMARTS) is 1. The molecule has 0 spiro atoms. The van der Waals surface area contributed by atoms with Gasteiger partial charge in [-0.3, -0.25) is 0 Å². The molecule has 4 heteroatoms. The van der Waals surface area contributed by atoms with E-state index in [0.717, 1.165) is 6.42 Å². The van der Waals surface area contributed by atoms with Crippen LogP contribution in [0.4, 0.5) is 0 Å². The maximum Gasteiger partial charge on any atom is 0.336 e. The van der Waals surface area contributed by atoms with Gasteiger partial charge in [0.1, 0.15) is 5.75 Å². The fraction of sp³-hybridized carbons (Fsp3) is 0.214. The lowest BCUT2D eigenvalue weighted by molar-refractivity contribution is 0.0695. The van der Waals surface area contributed by atoms with E-state index in [1.807, 2.05) is 11.4 Å². The molecule has 0 fully saturated rings. The van der Waals surface area contributed by atoms with Crippen LogP contribution in [0.5, 0.6) is 5.75 Å². The van der Waals surface area contributed by atoms with Gasteiger partial charge in [0.2, 0.25) is 0 Å². The van der Waals surface area contributed by atoms with E-state index >= 15 is 0 Å². The highest BCUT2D eigenvalue weighted by Gasteiger charge is 2.10. The third-order valence-corrected chi connectivity index (χ3v) is 3.64. The van der Waals surface area contributed by atoms with Crippen molar-refractivity contribution in [1.29, 1.82) is 0 Å². The molecule has 2 rings (SSSR count). The normalized spacial score (nSPS) is 10.3. The average molecular weight is 262 g/mol. The van der Waals surface area contributed by atoms with Gasteiger partial charge >= 0.3 is 5.97 Å². The number of ether oxygens (including phenoxy) is 1. The predicted molar refractivity (Wildman–Crippen MR) is 71.7 cm³/mol. The van der Waals surface area contributed by atoms with Crippen molar-refractivity contribution in [1.82, 2.24) is 0 Å². The molecule has 1 aromatic heterocycles. The molecule has 0 unspecified atom stereocenters. The van der Waals surface area contributed by atoms with Gasteiger partial charge in [0, 0.05) is 16.9 Å². The number of carboxylic acids is 1. The topological polar surface area (TPSA) is 46.5 Å². The van der Waals surface area contributed by atoms with Crippen molar-refractivity contribution in [2.75, 3.05) is 6.61 Å². The van der Waals surface area contributed by atoms with Crippen LogP contribution in [0.25, 0.3) is 0 Å². The van der Waals surface area contributed by atoms with E-state index in [2.05, 4.69) is 6.07 Å². The monoisotopic (exact) mass is 262 g/mol. The number of hydrogen-bond acceptors (Lipinski definition) is 3. The standard InChI is InChI=1S/C14H14O3S/c1-10-12(14(15)16)5-2-6-13(10)17-8-7-11-4-3-9-18-11/h2-6,9H,7-8H2,1H3,(H,15,16). The summed E-state index contributed by atoms with van der Waals surface area (Å²) in [5.74, 6) is -0.275. The Morgan fingerprint density at radius 2 is 2.17 bits per heavy atom. The van der Waals surface area contributed by atoms with Crippen molar-refractivity contribution in [3.05, 3.63) is 51.7 Å². The summed E-state index contributed by atoms with van der Waals surface area (Å²) in [4.78, 5) is 12.2. The Bertz CT molecular complexity index is 532. The molecule has 0 bridgehead atoms. The van der Waals surface area contributed by atoms with Gasteiger partial charge in [-0.2, -0.15) is 0 Å². The van der Waals surface area contributed by atoms with Gasteiger partial charge < -0.3 is 9.84 Å². The highest BCUT2D eigenvalue weighted by molar-refractivity contribution is 7.09. The minimum Gasteiger partial charge on any atom is -0.493 e. The third-order valence-electron chi connectivity index (χ3n) is 2.70. The minimum atomic E-state index is -0.920. The summed E-state index contributed by atoms with van der Waals surface area (Å²) in [5.41, 5.74) is 0.972. The number of hydrogen-bond donors (Lipinski definition) is 1. The quantitative estimate of drug-likeness (QED) is 0.898. The van der Waals surface area contributed by atoms with Crippen LogP contribution in [0.3, 0.4) is 0 Å². The van der Waals surface area contributed by atoms with Crippen LogP contribution in [-0.2, 0) is 6.42 Å². The maximum absolute atomic E-state index is 11.0. The minimum absolute atomic E-state index is 0.295. The molecule has 3 nitrogen and oxygen atoms in total. The van der Waals surface area contributed by atoms with Crippen LogP contribution in [0.15, 0.2) is 35.7 Å². The highest BCUT2D eigenvalue weighted by atomic mass is 32.1. The number of carbonyl (C=O) groups is 1. The molecule has 1 heterocycles. The Hall–Kier alpha value is -1.81. The first-order valence-corrected chi connectivity index (χ1v) is 6.54. The van der Waals surface area contributed by atoms with Crippen LogP contribution < -0.4 is 4.74 Å². The van der Waals surface area contributed by atoms with Gasteiger partial charge in [0.15, 0.2) is 0 Å². The van der Waals surface area contributed by atoms with Crippen LogP contribution >= 0.6 is 11.3 Å². The van der Waals surface area contributed by atoms with E-state index in [1.165, 1.54) is 4.88 Å². The smallest absolute Gasteiger partial charge is 0.336 e. The molecule has 0 aliphatic carbocycles. The van der Waals surface area contributed by atoms with Crippen LogP contribution in [-0.4, -0.2) is 17.7 Å². The van der Waals surface area contributed by atoms with E-state index in [4.69, 9.17) is 9.84 Å². The van der Waals surface area contributed by atoms with E-state index in [9.17, 15) is 4.79 Å². The van der Waals surface area contributed by atoms with E-state index in [-0.39, 0.29) is 0 Å². The molecule has 0 saturated carbocycles. The van der Waals surface area contributed by atoms with Gasteiger partial charge in [-0.25, -0.2) is 4.79 Å². The van der Waals surface area contributed by atoms with Gasteiger partial charge in [0.25, 0.3) is 0 Å². The molecule has 18 heavy (non-hydrogen) atoms. The molecule has 94 valence electrons. The molecule has 2 aromatic rings.